The van der Waals surface area contributed by atoms with Crippen LogP contribution in [0.15, 0.2) is 60.7 Å². The second-order valence-electron chi connectivity index (χ2n) is 3.31. The van der Waals surface area contributed by atoms with Gasteiger partial charge in [0.15, 0.2) is 17.4 Å². The molecule has 84 valence electrons. The van der Waals surface area contributed by atoms with E-state index >= 15 is 0 Å². The summed E-state index contributed by atoms with van der Waals surface area (Å²) in [5, 5.41) is 0. The van der Waals surface area contributed by atoms with Gasteiger partial charge in [-0.1, -0.05) is 71.8 Å². The first kappa shape index (κ1) is 18.3. The molecule has 2 aromatic rings. The van der Waals surface area contributed by atoms with Gasteiger partial charge in [0.1, 0.15) is 0 Å². The third kappa shape index (κ3) is 9.22. The molecule has 0 aliphatic rings. The van der Waals surface area contributed by atoms with Crippen LogP contribution in [0.25, 0.3) is 0 Å². The van der Waals surface area contributed by atoms with Crippen molar-refractivity contribution in [2.45, 2.75) is 13.8 Å². The van der Waals surface area contributed by atoms with Crippen molar-refractivity contribution < 1.29 is 2.85 Å². The fraction of sp³-hybridized carbons (Fsp3) is 0.143. The molecule has 0 atom stereocenters. The second kappa shape index (κ2) is 11.5. The minimum absolute atomic E-state index is 0. The van der Waals surface area contributed by atoms with Crippen LogP contribution in [0.5, 0.6) is 0 Å². The summed E-state index contributed by atoms with van der Waals surface area (Å²) in [6.45, 7) is 4.17. The number of hydrogen-bond acceptors (Lipinski definition) is 0. The van der Waals surface area contributed by atoms with Crippen molar-refractivity contribution in [3.05, 3.63) is 71.8 Å². The van der Waals surface area contributed by atoms with Crippen molar-refractivity contribution in [1.82, 2.24) is 0 Å². The van der Waals surface area contributed by atoms with E-state index in [0.717, 1.165) is 0 Å². The summed E-state index contributed by atoms with van der Waals surface area (Å²) in [4.78, 5) is 0. The Morgan fingerprint density at radius 3 is 1.00 bits per heavy atom. The van der Waals surface area contributed by atoms with Crippen LogP contribution in [0, 0.1) is 13.8 Å². The van der Waals surface area contributed by atoms with Crippen LogP contribution in [0.3, 0.4) is 0 Å². The Kier molecular flexibility index (Phi) is 13.1. The zero-order valence-electron chi connectivity index (χ0n) is 8.77. The van der Waals surface area contributed by atoms with E-state index in [1.807, 2.05) is 36.4 Å². The van der Waals surface area contributed by atoms with Crippen molar-refractivity contribution in [3.8, 4) is 0 Å². The van der Waals surface area contributed by atoms with E-state index < -0.39 is 0 Å². The van der Waals surface area contributed by atoms with Crippen LogP contribution < -0.4 is 0 Å². The van der Waals surface area contributed by atoms with Crippen molar-refractivity contribution in [3.63, 3.8) is 0 Å². The average Bonchev–Trinajstić information content (AvgIpc) is 2.21. The number of hydrogen-bond donors (Lipinski definition) is 0. The summed E-state index contributed by atoms with van der Waals surface area (Å²) in [7, 11) is 0. The molecule has 0 aromatic heterocycles. The molecule has 0 radical (unpaired) electrons. The molecule has 16 heavy (non-hydrogen) atoms. The van der Waals surface area contributed by atoms with E-state index in [4.69, 9.17) is 0 Å². The predicted octanol–water partition coefficient (Wildman–Crippen LogP) is 2.65. The van der Waals surface area contributed by atoms with Crippen LogP contribution in [0.2, 0.25) is 0 Å². The number of aryl methyl sites for hydroxylation is 2. The Morgan fingerprint density at radius 1 is 0.625 bits per heavy atom. The van der Waals surface area contributed by atoms with E-state index in [1.165, 1.54) is 11.1 Å². The molecule has 0 saturated heterocycles. The van der Waals surface area contributed by atoms with E-state index in [-0.39, 0.29) is 49.8 Å². The maximum absolute atomic E-state index is 2.08. The third-order valence-electron chi connectivity index (χ3n) is 1.88. The minimum atomic E-state index is 0. The summed E-state index contributed by atoms with van der Waals surface area (Å²) in [5.74, 6) is 0. The third-order valence-corrected chi connectivity index (χ3v) is 1.88. The summed E-state index contributed by atoms with van der Waals surface area (Å²) in [5.41, 5.74) is 2.64. The molecule has 2 rings (SSSR count). The van der Waals surface area contributed by atoms with Crippen LogP contribution in [0.1, 0.15) is 14.0 Å². The molecule has 0 fully saturated rings. The van der Waals surface area contributed by atoms with Crippen molar-refractivity contribution in [1.29, 1.82) is 0 Å². The quantitative estimate of drug-likeness (QED) is 0.623. The fourth-order valence-corrected chi connectivity index (χ4v) is 1.07. The van der Waals surface area contributed by atoms with E-state index in [9.17, 15) is 0 Å². The van der Waals surface area contributed by atoms with Gasteiger partial charge >= 0.3 is 29.6 Å². The van der Waals surface area contributed by atoms with Gasteiger partial charge in [-0.3, -0.25) is 0 Å². The standard InChI is InChI=1S/2C7H8.Al.Na.2H2.4H/c2*1-7-5-3-2-4-6-7;;;;;;;;/h2*2-6H,1H3;;;2*1H;;;;. The van der Waals surface area contributed by atoms with Crippen LogP contribution in [0.4, 0.5) is 0 Å². The molecule has 0 amide bonds. The number of benzene rings is 2. The molecule has 0 saturated carbocycles. The van der Waals surface area contributed by atoms with E-state index in [0.29, 0.717) is 0 Å². The summed E-state index contributed by atoms with van der Waals surface area (Å²) in [6.07, 6.45) is 0. The topological polar surface area (TPSA) is 0 Å². The Morgan fingerprint density at radius 2 is 0.875 bits per heavy atom. The first-order valence-corrected chi connectivity index (χ1v) is 4.82. The maximum atomic E-state index is 2.08. The zero-order chi connectivity index (χ0) is 10.2. The molecule has 0 bridgehead atoms. The van der Waals surface area contributed by atoms with E-state index in [2.05, 4.69) is 38.1 Å². The van der Waals surface area contributed by atoms with Crippen molar-refractivity contribution in [2.75, 3.05) is 0 Å². The molecular formula is C14H24AlNa. The van der Waals surface area contributed by atoms with Crippen LogP contribution in [-0.4, -0.2) is 46.9 Å². The number of rotatable bonds is 0. The van der Waals surface area contributed by atoms with Crippen molar-refractivity contribution >= 4 is 46.9 Å². The van der Waals surface area contributed by atoms with Crippen LogP contribution >= 0.6 is 0 Å². The summed E-state index contributed by atoms with van der Waals surface area (Å²) in [6, 6.07) is 20.5. The molecule has 0 unspecified atom stereocenters. The molecule has 2 aromatic carbocycles. The molecule has 0 N–H and O–H groups in total. The normalized spacial score (nSPS) is 7.62. The van der Waals surface area contributed by atoms with Gasteiger partial charge < -0.3 is 0 Å². The Balaban J connectivity index is -0.0000000891. The van der Waals surface area contributed by atoms with E-state index in [1.54, 1.807) is 0 Å². The fourth-order valence-electron chi connectivity index (χ4n) is 1.07. The first-order chi connectivity index (χ1) is 6.79. The van der Waals surface area contributed by atoms with Crippen LogP contribution in [-0.2, 0) is 0 Å². The molecule has 0 nitrogen and oxygen atoms in total. The Labute approximate surface area is 134 Å². The summed E-state index contributed by atoms with van der Waals surface area (Å²) >= 11 is 0. The SMILES string of the molecule is Cc1ccccc1.Cc1ccccc1.[AlH3].[HH].[HH].[NaH]. The average molecular weight is 242 g/mol. The molecular weight excluding hydrogens is 218 g/mol. The first-order valence-electron chi connectivity index (χ1n) is 4.82. The van der Waals surface area contributed by atoms with Gasteiger partial charge in [0.05, 0.1) is 0 Å². The second-order valence-corrected chi connectivity index (χ2v) is 3.31. The molecule has 0 heterocycles. The zero-order valence-corrected chi connectivity index (χ0v) is 8.77. The molecule has 2 heteroatoms. The van der Waals surface area contributed by atoms with Gasteiger partial charge in [-0.15, -0.1) is 0 Å². The predicted molar refractivity (Wildman–Crippen MR) is 83.7 cm³/mol. The Bertz CT molecular complexity index is 317. The monoisotopic (exact) mass is 242 g/mol. The van der Waals surface area contributed by atoms with Gasteiger partial charge in [-0.25, -0.2) is 0 Å². The van der Waals surface area contributed by atoms with Gasteiger partial charge in [0.2, 0.25) is 0 Å². The Hall–Kier alpha value is -0.0275. The molecule has 0 aliphatic heterocycles. The molecule has 0 spiro atoms. The van der Waals surface area contributed by atoms with Gasteiger partial charge in [0, 0.05) is 2.85 Å². The summed E-state index contributed by atoms with van der Waals surface area (Å²) < 4.78 is 0. The molecule has 0 aliphatic carbocycles. The van der Waals surface area contributed by atoms with Gasteiger partial charge in [-0.05, 0) is 13.8 Å². The van der Waals surface area contributed by atoms with Gasteiger partial charge in [0.25, 0.3) is 0 Å². The van der Waals surface area contributed by atoms with Crippen molar-refractivity contribution in [2.24, 2.45) is 0 Å². The van der Waals surface area contributed by atoms with Gasteiger partial charge in [-0.2, -0.15) is 0 Å².